The summed E-state index contributed by atoms with van der Waals surface area (Å²) >= 11 is 0. The highest BCUT2D eigenvalue weighted by Gasteiger charge is 2.35. The van der Waals surface area contributed by atoms with Crippen molar-refractivity contribution in [3.8, 4) is 0 Å². The summed E-state index contributed by atoms with van der Waals surface area (Å²) in [6.07, 6.45) is 2.60. The Labute approximate surface area is 177 Å². The van der Waals surface area contributed by atoms with Crippen molar-refractivity contribution in [1.82, 2.24) is 0 Å². The van der Waals surface area contributed by atoms with Crippen molar-refractivity contribution in [2.45, 2.75) is 38.2 Å². The van der Waals surface area contributed by atoms with Crippen molar-refractivity contribution in [3.63, 3.8) is 0 Å². The van der Waals surface area contributed by atoms with E-state index in [1.165, 1.54) is 12.1 Å². The molecule has 0 saturated heterocycles. The van der Waals surface area contributed by atoms with Crippen molar-refractivity contribution in [2.75, 3.05) is 0 Å². The Hall–Kier alpha value is -3.40. The van der Waals surface area contributed by atoms with Crippen molar-refractivity contribution in [2.24, 2.45) is 0 Å². The molecule has 0 unspecified atom stereocenters. The fourth-order valence-electron chi connectivity index (χ4n) is 3.85. The Morgan fingerprint density at radius 3 is 1.70 bits per heavy atom. The molecule has 3 aromatic rings. The highest BCUT2D eigenvalue weighted by atomic mass is 16.6. The Bertz CT molecular complexity index is 939. The highest BCUT2D eigenvalue weighted by molar-refractivity contribution is 6.02. The zero-order chi connectivity index (χ0) is 21.4. The van der Waals surface area contributed by atoms with Gasteiger partial charge in [0, 0.05) is 12.8 Å². The lowest BCUT2D eigenvalue weighted by Gasteiger charge is -2.34. The van der Waals surface area contributed by atoms with E-state index in [1.807, 2.05) is 60.7 Å². The van der Waals surface area contributed by atoms with Crippen molar-refractivity contribution in [1.29, 1.82) is 0 Å². The molecule has 4 heteroatoms. The van der Waals surface area contributed by atoms with E-state index in [2.05, 4.69) is 6.92 Å². The van der Waals surface area contributed by atoms with E-state index < -0.39 is 17.5 Å². The summed E-state index contributed by atoms with van der Waals surface area (Å²) in [5, 5.41) is 9.48. The molecule has 0 aliphatic heterocycles. The summed E-state index contributed by atoms with van der Waals surface area (Å²) in [6, 6.07) is 26.1. The average molecular weight is 402 g/mol. The van der Waals surface area contributed by atoms with Gasteiger partial charge < -0.3 is 9.84 Å². The van der Waals surface area contributed by atoms with Crippen LogP contribution in [0.5, 0.6) is 0 Å². The number of hydrogen-bond donors (Lipinski definition) is 1. The highest BCUT2D eigenvalue weighted by Crippen LogP contribution is 2.30. The van der Waals surface area contributed by atoms with Gasteiger partial charge in [-0.25, -0.2) is 9.59 Å². The first kappa shape index (κ1) is 21.3. The van der Waals surface area contributed by atoms with Gasteiger partial charge in [-0.3, -0.25) is 0 Å². The molecule has 0 saturated carbocycles. The maximum atomic E-state index is 13.2. The van der Waals surface area contributed by atoms with Gasteiger partial charge in [-0.15, -0.1) is 0 Å². The number of carbonyl (C=O) groups excluding carboxylic acids is 1. The first-order chi connectivity index (χ1) is 14.5. The SMILES string of the molecule is CCCC(Cc1ccccc1)(Cc1ccccc1)OC(=O)c1ccccc1C(=O)O. The van der Waals surface area contributed by atoms with E-state index in [-0.39, 0.29) is 11.1 Å². The van der Waals surface area contributed by atoms with Crippen LogP contribution in [-0.4, -0.2) is 22.6 Å². The predicted molar refractivity (Wildman–Crippen MR) is 117 cm³/mol. The third-order valence-corrected chi connectivity index (χ3v) is 5.13. The molecular formula is C26H26O4. The van der Waals surface area contributed by atoms with E-state index in [0.717, 1.165) is 17.5 Å². The fraction of sp³-hybridized carbons (Fsp3) is 0.231. The van der Waals surface area contributed by atoms with Crippen LogP contribution in [0.1, 0.15) is 51.6 Å². The lowest BCUT2D eigenvalue weighted by atomic mass is 9.84. The second kappa shape index (κ2) is 9.88. The number of rotatable bonds is 9. The molecule has 0 aromatic heterocycles. The molecule has 0 amide bonds. The molecule has 4 nitrogen and oxygen atoms in total. The minimum atomic E-state index is -1.14. The van der Waals surface area contributed by atoms with Crippen LogP contribution < -0.4 is 0 Å². The standard InChI is InChI=1S/C26H26O4/c1-2-17-26(18-20-11-5-3-6-12-20,19-21-13-7-4-8-14-21)30-25(29)23-16-10-9-15-22(23)24(27)28/h3-16H,2,17-19H2,1H3,(H,27,28). The van der Waals surface area contributed by atoms with Crippen molar-refractivity contribution in [3.05, 3.63) is 107 Å². The van der Waals surface area contributed by atoms with Crippen LogP contribution in [0.3, 0.4) is 0 Å². The first-order valence-electron chi connectivity index (χ1n) is 10.2. The molecular weight excluding hydrogens is 376 g/mol. The largest absolute Gasteiger partial charge is 0.478 e. The van der Waals surface area contributed by atoms with Crippen LogP contribution in [0.2, 0.25) is 0 Å². The van der Waals surface area contributed by atoms with Gasteiger partial charge in [0.05, 0.1) is 11.1 Å². The Kier molecular flexibility index (Phi) is 7.02. The molecule has 0 spiro atoms. The lowest BCUT2D eigenvalue weighted by Crippen LogP contribution is -2.40. The third kappa shape index (κ3) is 5.35. The van der Waals surface area contributed by atoms with Crippen LogP contribution >= 0.6 is 0 Å². The van der Waals surface area contributed by atoms with E-state index >= 15 is 0 Å². The third-order valence-electron chi connectivity index (χ3n) is 5.13. The maximum absolute atomic E-state index is 13.2. The molecule has 0 heterocycles. The lowest BCUT2D eigenvalue weighted by molar-refractivity contribution is -0.0235. The van der Waals surface area contributed by atoms with Gasteiger partial charge in [-0.2, -0.15) is 0 Å². The van der Waals surface area contributed by atoms with Gasteiger partial charge in [-0.05, 0) is 29.7 Å². The zero-order valence-electron chi connectivity index (χ0n) is 17.1. The van der Waals surface area contributed by atoms with Gasteiger partial charge in [0.25, 0.3) is 0 Å². The molecule has 0 atom stereocenters. The van der Waals surface area contributed by atoms with Crippen LogP contribution in [-0.2, 0) is 17.6 Å². The number of carbonyl (C=O) groups is 2. The van der Waals surface area contributed by atoms with Crippen molar-refractivity contribution >= 4 is 11.9 Å². The monoisotopic (exact) mass is 402 g/mol. The first-order valence-corrected chi connectivity index (χ1v) is 10.2. The number of esters is 1. The molecule has 30 heavy (non-hydrogen) atoms. The van der Waals surface area contributed by atoms with Crippen LogP contribution in [0.25, 0.3) is 0 Å². The number of hydrogen-bond acceptors (Lipinski definition) is 3. The topological polar surface area (TPSA) is 63.6 Å². The van der Waals surface area contributed by atoms with E-state index in [4.69, 9.17) is 4.74 Å². The average Bonchev–Trinajstić information content (AvgIpc) is 2.75. The van der Waals surface area contributed by atoms with Gasteiger partial charge in [-0.1, -0.05) is 86.1 Å². The van der Waals surface area contributed by atoms with Gasteiger partial charge in [0.1, 0.15) is 5.60 Å². The second-order valence-corrected chi connectivity index (χ2v) is 7.50. The summed E-state index contributed by atoms with van der Waals surface area (Å²) < 4.78 is 6.16. The Morgan fingerprint density at radius 2 is 1.23 bits per heavy atom. The molecule has 0 aliphatic rings. The van der Waals surface area contributed by atoms with Gasteiger partial charge >= 0.3 is 11.9 Å². The minimum Gasteiger partial charge on any atom is -0.478 e. The smallest absolute Gasteiger partial charge is 0.339 e. The number of aromatic carboxylic acids is 1. The predicted octanol–water partition coefficient (Wildman–Crippen LogP) is 5.57. The number of carboxylic acids is 1. The molecule has 0 fully saturated rings. The molecule has 154 valence electrons. The second-order valence-electron chi connectivity index (χ2n) is 7.50. The quantitative estimate of drug-likeness (QED) is 0.476. The molecule has 0 bridgehead atoms. The fourth-order valence-corrected chi connectivity index (χ4v) is 3.85. The van der Waals surface area contributed by atoms with E-state index in [0.29, 0.717) is 19.3 Å². The summed E-state index contributed by atoms with van der Waals surface area (Å²) in [6.45, 7) is 2.06. The summed E-state index contributed by atoms with van der Waals surface area (Å²) in [4.78, 5) is 24.7. The molecule has 0 aliphatic carbocycles. The zero-order valence-corrected chi connectivity index (χ0v) is 17.1. The van der Waals surface area contributed by atoms with E-state index in [9.17, 15) is 14.7 Å². The number of carboxylic acid groups (broad SMARTS) is 1. The number of ether oxygens (including phenoxy) is 1. The van der Waals surface area contributed by atoms with Crippen LogP contribution in [0.4, 0.5) is 0 Å². The van der Waals surface area contributed by atoms with Crippen molar-refractivity contribution < 1.29 is 19.4 Å². The maximum Gasteiger partial charge on any atom is 0.339 e. The summed E-state index contributed by atoms with van der Waals surface area (Å²) in [7, 11) is 0. The molecule has 1 N–H and O–H groups in total. The Balaban J connectivity index is 1.99. The molecule has 3 rings (SSSR count). The minimum absolute atomic E-state index is 0.0488. The summed E-state index contributed by atoms with van der Waals surface area (Å²) in [5.74, 6) is -1.75. The molecule has 0 radical (unpaired) electrons. The number of benzene rings is 3. The molecule has 3 aromatic carbocycles. The van der Waals surface area contributed by atoms with Gasteiger partial charge in [0.2, 0.25) is 0 Å². The van der Waals surface area contributed by atoms with Gasteiger partial charge in [0.15, 0.2) is 0 Å². The van der Waals surface area contributed by atoms with Crippen LogP contribution in [0, 0.1) is 0 Å². The Morgan fingerprint density at radius 1 is 0.767 bits per heavy atom. The van der Waals surface area contributed by atoms with Crippen LogP contribution in [0.15, 0.2) is 84.9 Å². The summed E-state index contributed by atoms with van der Waals surface area (Å²) in [5.41, 5.74) is 1.39. The van der Waals surface area contributed by atoms with E-state index in [1.54, 1.807) is 12.1 Å². The normalized spacial score (nSPS) is 11.1.